The van der Waals surface area contributed by atoms with Gasteiger partial charge in [0, 0.05) is 26.5 Å². The van der Waals surface area contributed by atoms with Crippen LogP contribution in [-0.4, -0.2) is 24.8 Å². The first-order valence-electron chi connectivity index (χ1n) is 6.76. The maximum Gasteiger partial charge on any atom is 0.319 e. The summed E-state index contributed by atoms with van der Waals surface area (Å²) in [7, 11) is 0. The highest BCUT2D eigenvalue weighted by molar-refractivity contribution is 5.84. The Morgan fingerprint density at radius 3 is 2.81 bits per heavy atom. The minimum Gasteiger partial charge on any atom is -0.812 e. The fourth-order valence-corrected chi connectivity index (χ4v) is 2.39. The summed E-state index contributed by atoms with van der Waals surface area (Å²) in [4.78, 5) is 4.50. The second-order valence-corrected chi connectivity index (χ2v) is 4.72. The van der Waals surface area contributed by atoms with Gasteiger partial charge in [0.1, 0.15) is 5.69 Å². The molecule has 0 fully saturated rings. The van der Waals surface area contributed by atoms with Crippen LogP contribution in [0.2, 0.25) is 0 Å². The number of benzene rings is 1. The van der Waals surface area contributed by atoms with Crippen molar-refractivity contribution in [3.8, 4) is 11.5 Å². The molecule has 2 aromatic rings. The van der Waals surface area contributed by atoms with Crippen molar-refractivity contribution in [3.05, 3.63) is 23.7 Å². The molecule has 1 aliphatic heterocycles. The Kier molecular flexibility index (Phi) is 3.52. The molecule has 0 spiro atoms. The Hall–Kier alpha value is -2.12. The van der Waals surface area contributed by atoms with Crippen molar-refractivity contribution in [1.82, 2.24) is 4.98 Å². The Morgan fingerprint density at radius 2 is 2.10 bits per heavy atom. The van der Waals surface area contributed by atoms with E-state index in [4.69, 9.17) is 14.2 Å². The van der Waals surface area contributed by atoms with Crippen LogP contribution in [0.1, 0.15) is 18.4 Å². The van der Waals surface area contributed by atoms with Crippen LogP contribution in [0, 0.1) is 13.8 Å². The fourth-order valence-electron chi connectivity index (χ4n) is 2.39. The lowest BCUT2D eigenvalue weighted by atomic mass is 10.1. The highest BCUT2D eigenvalue weighted by atomic mass is 16.7. The summed E-state index contributed by atoms with van der Waals surface area (Å²) in [5, 5.41) is 12.6. The number of hydrogen-bond donors (Lipinski definition) is 1. The van der Waals surface area contributed by atoms with Gasteiger partial charge in [0.2, 0.25) is 6.79 Å². The molecule has 1 aliphatic rings. The first-order chi connectivity index (χ1) is 10.1. The molecular formula is C14H17N3O4. The van der Waals surface area contributed by atoms with E-state index in [0.29, 0.717) is 23.9 Å². The van der Waals surface area contributed by atoms with Crippen LogP contribution in [0.25, 0.3) is 10.9 Å². The van der Waals surface area contributed by atoms with Gasteiger partial charge in [0.05, 0.1) is 11.8 Å². The van der Waals surface area contributed by atoms with E-state index in [0.717, 1.165) is 16.6 Å². The zero-order valence-corrected chi connectivity index (χ0v) is 12.2. The molecule has 7 nitrogen and oxygen atoms in total. The number of nitrogens with one attached hydrogen (secondary N) is 1. The molecule has 0 aliphatic carbocycles. The largest absolute Gasteiger partial charge is 0.812 e. The molecule has 1 unspecified atom stereocenters. The van der Waals surface area contributed by atoms with Gasteiger partial charge in [-0.1, -0.05) is 0 Å². The van der Waals surface area contributed by atoms with Gasteiger partial charge in [-0.05, 0) is 18.0 Å². The van der Waals surface area contributed by atoms with Crippen molar-refractivity contribution in [2.24, 2.45) is 0 Å². The first kappa shape index (κ1) is 13.8. The monoisotopic (exact) mass is 291 g/mol. The number of rotatable bonds is 4. The predicted octanol–water partition coefficient (Wildman–Crippen LogP) is 0.0917. The molecule has 1 aromatic heterocycles. The normalized spacial score (nSPS) is 14.5. The highest BCUT2D eigenvalue weighted by Gasteiger charge is 2.22. The minimum atomic E-state index is -1.34. The van der Waals surface area contributed by atoms with Crippen molar-refractivity contribution in [1.29, 1.82) is 0 Å². The molecule has 1 aromatic carbocycles. The van der Waals surface area contributed by atoms with Crippen LogP contribution in [0.15, 0.2) is 12.1 Å². The van der Waals surface area contributed by atoms with E-state index < -0.39 is 6.41 Å². The molecule has 112 valence electrons. The van der Waals surface area contributed by atoms with Crippen molar-refractivity contribution in [2.45, 2.75) is 27.2 Å². The molecule has 2 heterocycles. The summed E-state index contributed by atoms with van der Waals surface area (Å²) >= 11 is 0. The lowest BCUT2D eigenvalue weighted by Gasteiger charge is -2.23. The summed E-state index contributed by atoms with van der Waals surface area (Å²) in [5.74, 6) is 2.04. The van der Waals surface area contributed by atoms with E-state index in [1.54, 1.807) is 11.6 Å². The lowest BCUT2D eigenvalue weighted by Crippen LogP contribution is -2.59. The number of ether oxygens (including phenoxy) is 3. The SMILES string of the molecule is CCOC([O-])N[n+]1c(C)nc2cc3c(cc2c1C)OCO3. The molecule has 7 heteroatoms. The van der Waals surface area contributed by atoms with Gasteiger partial charge in [0.15, 0.2) is 17.0 Å². The first-order valence-corrected chi connectivity index (χ1v) is 6.76. The molecular weight excluding hydrogens is 274 g/mol. The quantitative estimate of drug-likeness (QED) is 0.635. The van der Waals surface area contributed by atoms with E-state index in [9.17, 15) is 5.11 Å². The van der Waals surface area contributed by atoms with E-state index in [2.05, 4.69) is 10.4 Å². The standard InChI is InChI=1S/C14H17N3O4/c1-4-19-14(18)16-17-8(2)10-5-12-13(21-7-20-12)6-11(10)15-9(17)3/h5-6,14,16H,4,7H2,1-3H3. The van der Waals surface area contributed by atoms with E-state index in [1.807, 2.05) is 26.0 Å². The van der Waals surface area contributed by atoms with Crippen molar-refractivity contribution >= 4 is 10.9 Å². The highest BCUT2D eigenvalue weighted by Crippen LogP contribution is 2.35. The Bertz CT molecular complexity index is 690. The number of aryl methyl sites for hydroxylation is 2. The molecule has 0 saturated carbocycles. The lowest BCUT2D eigenvalue weighted by molar-refractivity contribution is -0.700. The molecule has 0 amide bonds. The number of aromatic nitrogens is 2. The van der Waals surface area contributed by atoms with Crippen LogP contribution in [0.5, 0.6) is 11.5 Å². The third kappa shape index (κ3) is 2.45. The maximum absolute atomic E-state index is 11.7. The van der Waals surface area contributed by atoms with Gasteiger partial charge in [-0.3, -0.25) is 0 Å². The Morgan fingerprint density at radius 1 is 1.38 bits per heavy atom. The molecule has 21 heavy (non-hydrogen) atoms. The molecule has 3 rings (SSSR count). The summed E-state index contributed by atoms with van der Waals surface area (Å²) in [5.41, 5.74) is 4.40. The van der Waals surface area contributed by atoms with Gasteiger partial charge in [0.25, 0.3) is 0 Å². The smallest absolute Gasteiger partial charge is 0.319 e. The van der Waals surface area contributed by atoms with E-state index in [1.165, 1.54) is 0 Å². The zero-order chi connectivity index (χ0) is 15.0. The molecule has 0 saturated heterocycles. The van der Waals surface area contributed by atoms with Crippen LogP contribution < -0.4 is 24.7 Å². The summed E-state index contributed by atoms with van der Waals surface area (Å²) in [6.45, 7) is 6.07. The molecule has 0 bridgehead atoms. The average Bonchev–Trinajstić information content (AvgIpc) is 2.89. The fraction of sp³-hybridized carbons (Fsp3) is 0.429. The molecule has 0 radical (unpaired) electrons. The molecule has 1 N–H and O–H groups in total. The van der Waals surface area contributed by atoms with Crippen LogP contribution in [0.3, 0.4) is 0 Å². The maximum atomic E-state index is 11.7. The predicted molar refractivity (Wildman–Crippen MR) is 72.3 cm³/mol. The number of hydrogen-bond acceptors (Lipinski definition) is 6. The summed E-state index contributed by atoms with van der Waals surface area (Å²) in [6, 6.07) is 3.72. The second-order valence-electron chi connectivity index (χ2n) is 4.72. The Balaban J connectivity index is 2.07. The average molecular weight is 291 g/mol. The Labute approximate surface area is 122 Å². The van der Waals surface area contributed by atoms with Gasteiger partial charge >= 0.3 is 5.82 Å². The zero-order valence-electron chi connectivity index (χ0n) is 12.2. The number of fused-ring (bicyclic) bond motifs is 2. The number of nitrogens with zero attached hydrogens (tertiary/aromatic N) is 2. The van der Waals surface area contributed by atoms with Gasteiger partial charge in [-0.15, -0.1) is 4.68 Å². The second kappa shape index (κ2) is 5.34. The van der Waals surface area contributed by atoms with Crippen molar-refractivity contribution in [3.63, 3.8) is 0 Å². The third-order valence-electron chi connectivity index (χ3n) is 3.37. The molecule has 1 atom stereocenters. The minimum absolute atomic E-state index is 0.217. The van der Waals surface area contributed by atoms with Gasteiger partial charge in [-0.2, -0.15) is 0 Å². The van der Waals surface area contributed by atoms with Crippen LogP contribution in [0.4, 0.5) is 0 Å². The topological polar surface area (TPSA) is 79.6 Å². The third-order valence-corrected chi connectivity index (χ3v) is 3.37. The van der Waals surface area contributed by atoms with Crippen LogP contribution in [-0.2, 0) is 4.74 Å². The van der Waals surface area contributed by atoms with Gasteiger partial charge in [-0.25, -0.2) is 5.43 Å². The summed E-state index contributed by atoms with van der Waals surface area (Å²) < 4.78 is 17.4. The van der Waals surface area contributed by atoms with Crippen molar-refractivity contribution in [2.75, 3.05) is 18.8 Å². The van der Waals surface area contributed by atoms with Crippen molar-refractivity contribution < 1.29 is 24.0 Å². The van der Waals surface area contributed by atoms with Crippen LogP contribution >= 0.6 is 0 Å². The van der Waals surface area contributed by atoms with Gasteiger partial charge < -0.3 is 19.3 Å². The van der Waals surface area contributed by atoms with E-state index >= 15 is 0 Å². The van der Waals surface area contributed by atoms with E-state index in [-0.39, 0.29) is 6.79 Å². The summed E-state index contributed by atoms with van der Waals surface area (Å²) in [6.07, 6.45) is -1.34.